The molecule has 0 bridgehead atoms. The zero-order valence-corrected chi connectivity index (χ0v) is 20.3. The van der Waals surface area contributed by atoms with E-state index in [4.69, 9.17) is 4.74 Å². The summed E-state index contributed by atoms with van der Waals surface area (Å²) in [5.41, 5.74) is 0. The highest BCUT2D eigenvalue weighted by molar-refractivity contribution is 5.69. The van der Waals surface area contributed by atoms with E-state index in [0.717, 1.165) is 12.8 Å². The first kappa shape index (κ1) is 28.5. The normalized spacial score (nSPS) is 11.1. The Morgan fingerprint density at radius 2 is 0.759 bits per heavy atom. The van der Waals surface area contributed by atoms with Crippen molar-refractivity contribution in [3.63, 3.8) is 0 Å². The van der Waals surface area contributed by atoms with Gasteiger partial charge in [-0.1, -0.05) is 142 Å². The maximum Gasteiger partial charge on any atom is 0.305 e. The third-order valence-corrected chi connectivity index (χ3v) is 6.00. The lowest BCUT2D eigenvalue weighted by Crippen LogP contribution is -2.05. The minimum absolute atomic E-state index is 0.0152. The fraction of sp³-hybridized carbons (Fsp3) is 0.963. The van der Waals surface area contributed by atoms with Crippen LogP contribution in [-0.4, -0.2) is 12.6 Å². The lowest BCUT2D eigenvalue weighted by molar-refractivity contribution is -0.143. The second kappa shape index (κ2) is 25.5. The quantitative estimate of drug-likeness (QED) is 0.117. The van der Waals surface area contributed by atoms with Gasteiger partial charge in [-0.2, -0.15) is 0 Å². The van der Waals surface area contributed by atoms with Gasteiger partial charge in [-0.05, 0) is 12.8 Å². The predicted octanol–water partition coefficient (Wildman–Crippen LogP) is 9.54. The van der Waals surface area contributed by atoms with Gasteiger partial charge in [-0.15, -0.1) is 0 Å². The van der Waals surface area contributed by atoms with Crippen LogP contribution in [0.15, 0.2) is 0 Å². The number of rotatable bonds is 24. The Bertz CT molecular complexity index is 314. The van der Waals surface area contributed by atoms with Crippen LogP contribution in [-0.2, 0) is 9.53 Å². The molecule has 0 unspecified atom stereocenters. The molecular formula is C27H54O2. The summed E-state index contributed by atoms with van der Waals surface area (Å²) in [7, 11) is 0. The van der Waals surface area contributed by atoms with Crippen molar-refractivity contribution in [3.05, 3.63) is 0 Å². The van der Waals surface area contributed by atoms with Crippen LogP contribution >= 0.6 is 0 Å². The fourth-order valence-corrected chi connectivity index (χ4v) is 3.96. The van der Waals surface area contributed by atoms with Crippen LogP contribution in [0.3, 0.4) is 0 Å². The average Bonchev–Trinajstić information content (AvgIpc) is 2.73. The van der Waals surface area contributed by atoms with Crippen LogP contribution in [0, 0.1) is 0 Å². The molecule has 0 aliphatic carbocycles. The first-order chi connectivity index (χ1) is 14.3. The number of hydrogen-bond donors (Lipinski definition) is 0. The Kier molecular flexibility index (Phi) is 25.0. The van der Waals surface area contributed by atoms with Crippen LogP contribution < -0.4 is 0 Å². The van der Waals surface area contributed by atoms with Gasteiger partial charge < -0.3 is 4.74 Å². The molecule has 0 amide bonds. The van der Waals surface area contributed by atoms with Crippen LogP contribution in [0.1, 0.15) is 162 Å². The lowest BCUT2D eigenvalue weighted by atomic mass is 10.0. The Morgan fingerprint density at radius 1 is 0.448 bits per heavy atom. The number of carbonyl (C=O) groups is 1. The topological polar surface area (TPSA) is 26.3 Å². The molecule has 174 valence electrons. The van der Waals surface area contributed by atoms with Crippen LogP contribution in [0.25, 0.3) is 0 Å². The van der Waals surface area contributed by atoms with Gasteiger partial charge in [0.15, 0.2) is 0 Å². The molecule has 0 spiro atoms. The Labute approximate surface area is 184 Å². The average molecular weight is 411 g/mol. The maximum atomic E-state index is 11.7. The van der Waals surface area contributed by atoms with Crippen molar-refractivity contribution in [1.82, 2.24) is 0 Å². The third-order valence-electron chi connectivity index (χ3n) is 6.00. The minimum atomic E-state index is 0.0152. The van der Waals surface area contributed by atoms with E-state index < -0.39 is 0 Å². The molecule has 2 nitrogen and oxygen atoms in total. The summed E-state index contributed by atoms with van der Waals surface area (Å²) in [6.45, 7) is 5.15. The van der Waals surface area contributed by atoms with Gasteiger partial charge in [0.25, 0.3) is 0 Å². The largest absolute Gasteiger partial charge is 0.466 e. The first-order valence-corrected chi connectivity index (χ1v) is 13.5. The molecule has 0 saturated heterocycles. The molecular weight excluding hydrogens is 356 g/mol. The van der Waals surface area contributed by atoms with Gasteiger partial charge in [0.1, 0.15) is 0 Å². The van der Waals surface area contributed by atoms with E-state index in [1.807, 2.05) is 0 Å². The van der Waals surface area contributed by atoms with Gasteiger partial charge in [0.2, 0.25) is 0 Å². The molecule has 29 heavy (non-hydrogen) atoms. The zero-order chi connectivity index (χ0) is 21.3. The summed E-state index contributed by atoms with van der Waals surface area (Å²) in [5, 5.41) is 0. The fourth-order valence-electron chi connectivity index (χ4n) is 3.96. The monoisotopic (exact) mass is 410 g/mol. The van der Waals surface area contributed by atoms with Gasteiger partial charge in [-0.3, -0.25) is 4.79 Å². The number of unbranched alkanes of at least 4 members (excludes halogenated alkanes) is 20. The second-order valence-corrected chi connectivity index (χ2v) is 9.04. The summed E-state index contributed by atoms with van der Waals surface area (Å²) < 4.78 is 5.35. The van der Waals surface area contributed by atoms with Crippen LogP contribution in [0.5, 0.6) is 0 Å². The molecule has 0 aliphatic heterocycles. The first-order valence-electron chi connectivity index (χ1n) is 13.5. The van der Waals surface area contributed by atoms with E-state index >= 15 is 0 Å². The third kappa shape index (κ3) is 25.4. The molecule has 0 saturated carbocycles. The smallest absolute Gasteiger partial charge is 0.305 e. The van der Waals surface area contributed by atoms with Gasteiger partial charge in [0.05, 0.1) is 6.61 Å². The van der Waals surface area contributed by atoms with E-state index in [9.17, 15) is 4.79 Å². The Hall–Kier alpha value is -0.530. The van der Waals surface area contributed by atoms with E-state index in [1.165, 1.54) is 128 Å². The minimum Gasteiger partial charge on any atom is -0.466 e. The molecule has 2 heteroatoms. The highest BCUT2D eigenvalue weighted by Crippen LogP contribution is 2.14. The molecule has 0 heterocycles. The SMILES string of the molecule is CCCCCCCCCCCCCCCCCCOC(=O)CCCCCCCC. The van der Waals surface area contributed by atoms with Crippen molar-refractivity contribution in [1.29, 1.82) is 0 Å². The number of ether oxygens (including phenoxy) is 1. The Morgan fingerprint density at radius 3 is 1.14 bits per heavy atom. The van der Waals surface area contributed by atoms with Gasteiger partial charge >= 0.3 is 5.97 Å². The molecule has 0 N–H and O–H groups in total. The highest BCUT2D eigenvalue weighted by atomic mass is 16.5. The number of hydrogen-bond acceptors (Lipinski definition) is 2. The van der Waals surface area contributed by atoms with Crippen molar-refractivity contribution in [3.8, 4) is 0 Å². The number of esters is 1. The molecule has 0 atom stereocenters. The van der Waals surface area contributed by atoms with E-state index in [-0.39, 0.29) is 5.97 Å². The summed E-state index contributed by atoms with van der Waals surface area (Å²) >= 11 is 0. The van der Waals surface area contributed by atoms with Crippen molar-refractivity contribution in [2.75, 3.05) is 6.61 Å². The maximum absolute atomic E-state index is 11.7. The molecule has 0 fully saturated rings. The Balaban J connectivity index is 3.10. The van der Waals surface area contributed by atoms with Gasteiger partial charge in [0, 0.05) is 6.42 Å². The summed E-state index contributed by atoms with van der Waals surface area (Å²) in [5.74, 6) is 0.0152. The van der Waals surface area contributed by atoms with E-state index in [0.29, 0.717) is 13.0 Å². The van der Waals surface area contributed by atoms with Crippen LogP contribution in [0.2, 0.25) is 0 Å². The summed E-state index contributed by atoms with van der Waals surface area (Å²) in [4.78, 5) is 11.7. The standard InChI is InChI=1S/C27H54O2/c1-3-5-7-9-11-12-13-14-15-16-17-18-19-20-22-24-26-29-27(28)25-23-21-10-8-6-4-2/h3-26H2,1-2H3. The van der Waals surface area contributed by atoms with E-state index in [2.05, 4.69) is 13.8 Å². The van der Waals surface area contributed by atoms with E-state index in [1.54, 1.807) is 0 Å². The molecule has 0 aliphatic rings. The highest BCUT2D eigenvalue weighted by Gasteiger charge is 2.02. The molecule has 0 aromatic carbocycles. The zero-order valence-electron chi connectivity index (χ0n) is 20.3. The molecule has 0 aromatic rings. The second-order valence-electron chi connectivity index (χ2n) is 9.04. The number of carbonyl (C=O) groups excluding carboxylic acids is 1. The van der Waals surface area contributed by atoms with Crippen molar-refractivity contribution in [2.45, 2.75) is 162 Å². The predicted molar refractivity (Wildman–Crippen MR) is 128 cm³/mol. The van der Waals surface area contributed by atoms with Crippen molar-refractivity contribution < 1.29 is 9.53 Å². The molecule has 0 aromatic heterocycles. The summed E-state index contributed by atoms with van der Waals surface area (Å²) in [6, 6.07) is 0. The molecule has 0 rings (SSSR count). The van der Waals surface area contributed by atoms with Gasteiger partial charge in [-0.25, -0.2) is 0 Å². The van der Waals surface area contributed by atoms with Crippen molar-refractivity contribution >= 4 is 5.97 Å². The lowest BCUT2D eigenvalue weighted by Gasteiger charge is -2.05. The summed E-state index contributed by atoms with van der Waals surface area (Å²) in [6.07, 6.45) is 30.0. The molecule has 0 radical (unpaired) electrons. The van der Waals surface area contributed by atoms with Crippen molar-refractivity contribution in [2.24, 2.45) is 0 Å². The van der Waals surface area contributed by atoms with Crippen LogP contribution in [0.4, 0.5) is 0 Å².